The lowest BCUT2D eigenvalue weighted by Crippen LogP contribution is -2.31. The number of nitrogens with one attached hydrogen (secondary N) is 2. The topological polar surface area (TPSA) is 44.1 Å². The molecule has 2 N–H and O–H groups in total. The summed E-state index contributed by atoms with van der Waals surface area (Å²) in [6, 6.07) is 15.9. The minimum atomic E-state index is 0.959. The van der Waals surface area contributed by atoms with E-state index in [1.165, 1.54) is 0 Å². The number of anilines is 1. The number of aromatic amines is 1. The van der Waals surface area contributed by atoms with Crippen molar-refractivity contribution >= 4 is 39.0 Å². The first-order valence-electron chi connectivity index (χ1n) is 5.85. The molecule has 19 heavy (non-hydrogen) atoms. The van der Waals surface area contributed by atoms with Gasteiger partial charge in [-0.3, -0.25) is 4.98 Å². The van der Waals surface area contributed by atoms with Crippen molar-refractivity contribution in [2.24, 2.45) is 5.10 Å². The Morgan fingerprint density at radius 2 is 2.00 bits per heavy atom. The van der Waals surface area contributed by atoms with Crippen LogP contribution in [-0.2, 0) is 0 Å². The van der Waals surface area contributed by atoms with Crippen LogP contribution in [0.15, 0.2) is 64.4 Å². The van der Waals surface area contributed by atoms with Crippen LogP contribution >= 0.6 is 15.9 Å². The number of aromatic nitrogens is 2. The van der Waals surface area contributed by atoms with E-state index in [4.69, 9.17) is 0 Å². The molecule has 0 aliphatic rings. The lowest BCUT2D eigenvalue weighted by molar-refractivity contribution is -0.515. The zero-order valence-corrected chi connectivity index (χ0v) is 11.6. The summed E-state index contributed by atoms with van der Waals surface area (Å²) in [6.07, 6.45) is 3.60. The molecule has 0 saturated heterocycles. The number of imidazole rings is 1. The van der Waals surface area contributed by atoms with Crippen LogP contribution in [0, 0.1) is 0 Å². The molecule has 0 amide bonds. The van der Waals surface area contributed by atoms with E-state index in [-0.39, 0.29) is 0 Å². The van der Waals surface area contributed by atoms with Gasteiger partial charge in [0.25, 0.3) is 6.34 Å². The molecule has 0 radical (unpaired) electrons. The first-order chi connectivity index (χ1) is 9.33. The second-order valence-corrected chi connectivity index (χ2v) is 4.98. The molecule has 0 atom stereocenters. The molecule has 1 aromatic heterocycles. The van der Waals surface area contributed by atoms with Crippen molar-refractivity contribution in [3.8, 4) is 0 Å². The third-order valence-electron chi connectivity index (χ3n) is 2.75. The summed E-state index contributed by atoms with van der Waals surface area (Å²) in [4.78, 5) is 3.19. The fourth-order valence-electron chi connectivity index (χ4n) is 1.82. The number of hydrogen-bond donors (Lipinski definition) is 2. The molecule has 0 fully saturated rings. The van der Waals surface area contributed by atoms with Crippen LogP contribution in [-0.4, -0.2) is 11.3 Å². The molecule has 0 unspecified atom stereocenters. The lowest BCUT2D eigenvalue weighted by atomic mass is 10.3. The molecule has 0 saturated carbocycles. The van der Waals surface area contributed by atoms with Gasteiger partial charge in [-0.15, -0.1) is 0 Å². The highest BCUT2D eigenvalue weighted by Crippen LogP contribution is 2.14. The third-order valence-corrected chi connectivity index (χ3v) is 3.24. The summed E-state index contributed by atoms with van der Waals surface area (Å²) >= 11 is 3.47. The first-order valence-corrected chi connectivity index (χ1v) is 6.64. The smallest absolute Gasteiger partial charge is 0.254 e. The summed E-state index contributed by atoms with van der Waals surface area (Å²) in [5.41, 5.74) is 6.07. The first kappa shape index (κ1) is 11.9. The highest BCUT2D eigenvalue weighted by molar-refractivity contribution is 9.10. The number of fused-ring (bicyclic) bond motifs is 1. The summed E-state index contributed by atoms with van der Waals surface area (Å²) in [5, 5.41) is 4.22. The molecule has 3 rings (SSSR count). The van der Waals surface area contributed by atoms with Gasteiger partial charge < -0.3 is 0 Å². The monoisotopic (exact) mass is 315 g/mol. The lowest BCUT2D eigenvalue weighted by Gasteiger charge is -1.94. The number of halogens is 1. The average Bonchev–Trinajstić information content (AvgIpc) is 2.83. The number of hydrazone groups is 1. The fourth-order valence-corrected chi connectivity index (χ4v) is 2.17. The van der Waals surface area contributed by atoms with Gasteiger partial charge in [0.1, 0.15) is 11.0 Å². The van der Waals surface area contributed by atoms with Crippen LogP contribution in [0.5, 0.6) is 0 Å². The molecule has 4 nitrogen and oxygen atoms in total. The summed E-state index contributed by atoms with van der Waals surface area (Å²) < 4.78 is 2.97. The Hall–Kier alpha value is -2.14. The van der Waals surface area contributed by atoms with Gasteiger partial charge in [0.15, 0.2) is 6.33 Å². The van der Waals surface area contributed by atoms with E-state index in [0.29, 0.717) is 0 Å². The summed E-state index contributed by atoms with van der Waals surface area (Å²) in [6.45, 7) is 0. The molecule has 94 valence electrons. The molecular weight excluding hydrogens is 304 g/mol. The van der Waals surface area contributed by atoms with Crippen molar-refractivity contribution in [1.29, 1.82) is 0 Å². The van der Waals surface area contributed by atoms with Crippen molar-refractivity contribution in [2.75, 3.05) is 5.43 Å². The van der Waals surface area contributed by atoms with Crippen molar-refractivity contribution in [1.82, 2.24) is 4.98 Å². The summed E-state index contributed by atoms with van der Waals surface area (Å²) in [7, 11) is 0. The summed E-state index contributed by atoms with van der Waals surface area (Å²) in [5.74, 6) is 0. The molecule has 3 aromatic rings. The van der Waals surface area contributed by atoms with Crippen LogP contribution in [0.1, 0.15) is 0 Å². The maximum atomic E-state index is 4.22. The predicted octanol–water partition coefficient (Wildman–Crippen LogP) is 3.12. The highest BCUT2D eigenvalue weighted by Gasteiger charge is 2.05. The van der Waals surface area contributed by atoms with Gasteiger partial charge in [0.05, 0.1) is 5.69 Å². The molecular formula is C14H12BrN4+. The van der Waals surface area contributed by atoms with Gasteiger partial charge in [0, 0.05) is 4.47 Å². The van der Waals surface area contributed by atoms with Gasteiger partial charge in [-0.25, -0.2) is 9.99 Å². The van der Waals surface area contributed by atoms with Crippen LogP contribution in [0.4, 0.5) is 5.69 Å². The Bertz CT molecular complexity index is 719. The van der Waals surface area contributed by atoms with E-state index in [0.717, 1.165) is 21.2 Å². The van der Waals surface area contributed by atoms with E-state index in [2.05, 4.69) is 31.4 Å². The number of H-pyrrole nitrogens is 1. The maximum Gasteiger partial charge on any atom is 0.254 e. The van der Waals surface area contributed by atoms with Gasteiger partial charge in [-0.2, -0.15) is 0 Å². The van der Waals surface area contributed by atoms with E-state index >= 15 is 0 Å². The Kier molecular flexibility index (Phi) is 3.29. The van der Waals surface area contributed by atoms with E-state index in [9.17, 15) is 0 Å². The quantitative estimate of drug-likeness (QED) is 0.332. The predicted molar refractivity (Wildman–Crippen MR) is 80.1 cm³/mol. The minimum absolute atomic E-state index is 0.959. The van der Waals surface area contributed by atoms with E-state index in [1.54, 1.807) is 6.34 Å². The zero-order chi connectivity index (χ0) is 13.1. The number of rotatable bonds is 3. The molecule has 0 aliphatic heterocycles. The van der Waals surface area contributed by atoms with Gasteiger partial charge in [-0.05, 0) is 35.4 Å². The number of nitrogens with zero attached hydrogens (tertiary/aromatic N) is 2. The van der Waals surface area contributed by atoms with Crippen LogP contribution < -0.4 is 9.99 Å². The second kappa shape index (κ2) is 5.24. The number of para-hydroxylation sites is 1. The Balaban J connectivity index is 1.83. The molecule has 0 bridgehead atoms. The number of hydrogen-bond acceptors (Lipinski definition) is 2. The van der Waals surface area contributed by atoms with Crippen LogP contribution in [0.2, 0.25) is 0 Å². The Labute approximate surface area is 118 Å². The molecule has 5 heteroatoms. The van der Waals surface area contributed by atoms with Crippen molar-refractivity contribution in [3.63, 3.8) is 0 Å². The van der Waals surface area contributed by atoms with Crippen LogP contribution in [0.3, 0.4) is 0 Å². The normalized spacial score (nSPS) is 11.2. The maximum absolute atomic E-state index is 4.22. The number of benzene rings is 2. The minimum Gasteiger partial charge on any atom is -0.276 e. The molecule has 1 heterocycles. The standard InChI is InChI=1S/C14H11BrN4/c15-11-6-7-13-14(8-11)19(9-16-13)10-17-18-12-4-2-1-3-5-12/h1-10,18H/p+1/b17-10+. The third kappa shape index (κ3) is 2.66. The molecule has 0 aliphatic carbocycles. The van der Waals surface area contributed by atoms with Crippen molar-refractivity contribution in [2.45, 2.75) is 0 Å². The van der Waals surface area contributed by atoms with E-state index < -0.39 is 0 Å². The zero-order valence-electron chi connectivity index (χ0n) is 10.0. The average molecular weight is 316 g/mol. The van der Waals surface area contributed by atoms with Gasteiger partial charge in [-0.1, -0.05) is 34.1 Å². The SMILES string of the molecule is Brc1ccc2[nH]c[n+](/C=N/Nc3ccccc3)c2c1. The van der Waals surface area contributed by atoms with Gasteiger partial charge >= 0.3 is 0 Å². The van der Waals surface area contributed by atoms with E-state index in [1.807, 2.05) is 59.4 Å². The highest BCUT2D eigenvalue weighted by atomic mass is 79.9. The second-order valence-electron chi connectivity index (χ2n) is 4.06. The van der Waals surface area contributed by atoms with Gasteiger partial charge in [0.2, 0.25) is 0 Å². The fraction of sp³-hybridized carbons (Fsp3) is 0. The molecule has 0 spiro atoms. The van der Waals surface area contributed by atoms with Crippen LogP contribution in [0.25, 0.3) is 11.0 Å². The Morgan fingerprint density at radius 3 is 2.84 bits per heavy atom. The van der Waals surface area contributed by atoms with Crippen molar-refractivity contribution < 1.29 is 4.57 Å². The van der Waals surface area contributed by atoms with Crippen molar-refractivity contribution in [3.05, 3.63) is 59.3 Å². The Morgan fingerprint density at radius 1 is 1.16 bits per heavy atom. The largest absolute Gasteiger partial charge is 0.276 e. The molecule has 2 aromatic carbocycles.